The Kier molecular flexibility index (Phi) is 4.22. The maximum Gasteiger partial charge on any atom is 0.150 e. The van der Waals surface area contributed by atoms with E-state index in [1.54, 1.807) is 11.3 Å². The Bertz CT molecular complexity index is 759. The van der Waals surface area contributed by atoms with Crippen LogP contribution in [0.5, 0.6) is 0 Å². The van der Waals surface area contributed by atoms with Crippen molar-refractivity contribution < 1.29 is 4.74 Å². The molecule has 1 atom stereocenters. The van der Waals surface area contributed by atoms with Gasteiger partial charge in [-0.1, -0.05) is 6.07 Å². The van der Waals surface area contributed by atoms with E-state index < -0.39 is 0 Å². The Morgan fingerprint density at radius 3 is 2.96 bits per heavy atom. The molecule has 0 unspecified atom stereocenters. The summed E-state index contributed by atoms with van der Waals surface area (Å²) in [6.45, 7) is 1.62. The lowest BCUT2D eigenvalue weighted by Gasteiger charge is -2.21. The summed E-state index contributed by atoms with van der Waals surface area (Å²) in [5.74, 6) is 1.00. The molecular formula is C18H19N3OS. The molecule has 4 heterocycles. The predicted molar refractivity (Wildman–Crippen MR) is 91.4 cm³/mol. The summed E-state index contributed by atoms with van der Waals surface area (Å²) in [5.41, 5.74) is 1.04. The molecule has 0 saturated carbocycles. The predicted octanol–water partition coefficient (Wildman–Crippen LogP) is 4.30. The number of imidazole rings is 1. The Labute approximate surface area is 139 Å². The standard InChI is InChI=1S/C18H19N3OS/c1-3-9-19-14(5-1)13-21-11-10-20-18(21)17-8-7-16(23-17)15-6-2-4-12-22-15/h1,3,5,7-11,15H,2,4,6,12-13H2/t15-/m0/s1. The molecule has 0 N–H and O–H groups in total. The van der Waals surface area contributed by atoms with E-state index in [-0.39, 0.29) is 6.10 Å². The number of pyridine rings is 1. The average molecular weight is 325 g/mol. The fraction of sp³-hybridized carbons (Fsp3) is 0.333. The van der Waals surface area contributed by atoms with Crippen molar-refractivity contribution >= 4 is 11.3 Å². The second-order valence-electron chi connectivity index (χ2n) is 5.76. The highest BCUT2D eigenvalue weighted by Crippen LogP contribution is 2.36. The third-order valence-electron chi connectivity index (χ3n) is 4.12. The number of rotatable bonds is 4. The topological polar surface area (TPSA) is 39.9 Å². The molecule has 1 aliphatic rings. The second kappa shape index (κ2) is 6.64. The van der Waals surface area contributed by atoms with Crippen LogP contribution < -0.4 is 0 Å². The summed E-state index contributed by atoms with van der Waals surface area (Å²) >= 11 is 1.79. The molecular weight excluding hydrogens is 306 g/mol. The third kappa shape index (κ3) is 3.21. The normalized spacial score (nSPS) is 18.2. The first-order valence-corrected chi connectivity index (χ1v) is 8.84. The largest absolute Gasteiger partial charge is 0.373 e. The number of hydrogen-bond donors (Lipinski definition) is 0. The summed E-state index contributed by atoms with van der Waals surface area (Å²) < 4.78 is 8.05. The van der Waals surface area contributed by atoms with Gasteiger partial charge in [-0.2, -0.15) is 0 Å². The van der Waals surface area contributed by atoms with Crippen molar-refractivity contribution in [1.29, 1.82) is 0 Å². The van der Waals surface area contributed by atoms with Crippen LogP contribution in [0.15, 0.2) is 48.9 Å². The first-order chi connectivity index (χ1) is 11.4. The van der Waals surface area contributed by atoms with Crippen LogP contribution in [0.3, 0.4) is 0 Å². The highest BCUT2D eigenvalue weighted by Gasteiger charge is 2.19. The lowest BCUT2D eigenvalue weighted by molar-refractivity contribution is 0.0172. The molecule has 0 spiro atoms. The zero-order valence-corrected chi connectivity index (χ0v) is 13.7. The van der Waals surface area contributed by atoms with Crippen LogP contribution in [0.1, 0.15) is 35.9 Å². The van der Waals surface area contributed by atoms with Gasteiger partial charge in [0, 0.05) is 30.1 Å². The monoisotopic (exact) mass is 325 g/mol. The van der Waals surface area contributed by atoms with E-state index in [0.29, 0.717) is 0 Å². The van der Waals surface area contributed by atoms with Gasteiger partial charge in [-0.05, 0) is 43.5 Å². The maximum atomic E-state index is 5.89. The van der Waals surface area contributed by atoms with Gasteiger partial charge in [0.1, 0.15) is 5.82 Å². The molecule has 0 aliphatic carbocycles. The van der Waals surface area contributed by atoms with Gasteiger partial charge in [0.2, 0.25) is 0 Å². The fourth-order valence-corrected chi connectivity index (χ4v) is 4.04. The van der Waals surface area contributed by atoms with E-state index in [9.17, 15) is 0 Å². The summed E-state index contributed by atoms with van der Waals surface area (Å²) in [6.07, 6.45) is 9.53. The van der Waals surface area contributed by atoms with E-state index >= 15 is 0 Å². The fourth-order valence-electron chi connectivity index (χ4n) is 2.94. The number of nitrogens with zero attached hydrogens (tertiary/aromatic N) is 3. The van der Waals surface area contributed by atoms with Crippen LogP contribution in [0.4, 0.5) is 0 Å². The van der Waals surface area contributed by atoms with Gasteiger partial charge in [-0.3, -0.25) is 4.98 Å². The van der Waals surface area contributed by atoms with Crippen LogP contribution >= 0.6 is 11.3 Å². The van der Waals surface area contributed by atoms with Crippen molar-refractivity contribution in [3.8, 4) is 10.7 Å². The van der Waals surface area contributed by atoms with Gasteiger partial charge < -0.3 is 9.30 Å². The van der Waals surface area contributed by atoms with Gasteiger partial charge in [0.05, 0.1) is 23.2 Å². The van der Waals surface area contributed by atoms with Gasteiger partial charge in [-0.25, -0.2) is 4.98 Å². The highest BCUT2D eigenvalue weighted by atomic mass is 32.1. The molecule has 0 amide bonds. The Balaban J connectivity index is 1.57. The van der Waals surface area contributed by atoms with Gasteiger partial charge in [-0.15, -0.1) is 11.3 Å². The lowest BCUT2D eigenvalue weighted by atomic mass is 10.1. The Morgan fingerprint density at radius 1 is 1.13 bits per heavy atom. The van der Waals surface area contributed by atoms with Crippen LogP contribution in [0.2, 0.25) is 0 Å². The minimum atomic E-state index is 0.265. The zero-order chi connectivity index (χ0) is 15.5. The molecule has 1 fully saturated rings. The molecule has 3 aromatic rings. The van der Waals surface area contributed by atoms with Crippen molar-refractivity contribution in [2.45, 2.75) is 31.9 Å². The molecule has 1 aliphatic heterocycles. The molecule has 0 radical (unpaired) electrons. The highest BCUT2D eigenvalue weighted by molar-refractivity contribution is 7.15. The molecule has 0 aromatic carbocycles. The van der Waals surface area contributed by atoms with E-state index in [2.05, 4.69) is 26.7 Å². The average Bonchev–Trinajstić information content (AvgIpc) is 3.25. The molecule has 118 valence electrons. The smallest absolute Gasteiger partial charge is 0.150 e. The Hall–Kier alpha value is -1.98. The van der Waals surface area contributed by atoms with Crippen LogP contribution in [-0.2, 0) is 11.3 Å². The maximum absolute atomic E-state index is 5.89. The van der Waals surface area contributed by atoms with Crippen molar-refractivity contribution in [2.75, 3.05) is 6.61 Å². The molecule has 5 heteroatoms. The molecule has 23 heavy (non-hydrogen) atoms. The van der Waals surface area contributed by atoms with Gasteiger partial charge in [0.25, 0.3) is 0 Å². The Morgan fingerprint density at radius 2 is 2.13 bits per heavy atom. The van der Waals surface area contributed by atoms with E-state index in [1.807, 2.05) is 36.8 Å². The van der Waals surface area contributed by atoms with Crippen molar-refractivity contribution in [1.82, 2.24) is 14.5 Å². The number of aromatic nitrogens is 3. The van der Waals surface area contributed by atoms with Gasteiger partial charge in [0.15, 0.2) is 0 Å². The summed E-state index contributed by atoms with van der Waals surface area (Å²) in [7, 11) is 0. The van der Waals surface area contributed by atoms with Gasteiger partial charge >= 0.3 is 0 Å². The number of hydrogen-bond acceptors (Lipinski definition) is 4. The minimum Gasteiger partial charge on any atom is -0.373 e. The summed E-state index contributed by atoms with van der Waals surface area (Å²) in [4.78, 5) is 11.4. The van der Waals surface area contributed by atoms with E-state index in [4.69, 9.17) is 4.74 Å². The minimum absolute atomic E-state index is 0.265. The summed E-state index contributed by atoms with van der Waals surface area (Å²) in [6, 6.07) is 10.3. The molecule has 0 bridgehead atoms. The van der Waals surface area contributed by atoms with Crippen molar-refractivity contribution in [3.05, 3.63) is 59.5 Å². The number of thiophene rings is 1. The third-order valence-corrected chi connectivity index (χ3v) is 5.29. The lowest BCUT2D eigenvalue weighted by Crippen LogP contribution is -2.09. The molecule has 1 saturated heterocycles. The van der Waals surface area contributed by atoms with E-state index in [1.165, 1.54) is 22.6 Å². The van der Waals surface area contributed by atoms with Crippen LogP contribution in [0, 0.1) is 0 Å². The van der Waals surface area contributed by atoms with Crippen molar-refractivity contribution in [3.63, 3.8) is 0 Å². The number of ether oxygens (including phenoxy) is 1. The molecule has 4 nitrogen and oxygen atoms in total. The van der Waals surface area contributed by atoms with Crippen LogP contribution in [-0.4, -0.2) is 21.1 Å². The SMILES string of the molecule is c1ccc(Cn2ccnc2-c2ccc([C@@H]3CCCCO3)s2)nc1. The van der Waals surface area contributed by atoms with Crippen LogP contribution in [0.25, 0.3) is 10.7 Å². The van der Waals surface area contributed by atoms with E-state index in [0.717, 1.165) is 31.1 Å². The van der Waals surface area contributed by atoms with Crippen molar-refractivity contribution in [2.24, 2.45) is 0 Å². The molecule has 3 aromatic heterocycles. The quantitative estimate of drug-likeness (QED) is 0.718. The first kappa shape index (κ1) is 14.6. The second-order valence-corrected chi connectivity index (χ2v) is 6.87. The summed E-state index contributed by atoms with van der Waals surface area (Å²) in [5, 5.41) is 0. The molecule has 4 rings (SSSR count). The first-order valence-electron chi connectivity index (χ1n) is 8.03. The zero-order valence-electron chi connectivity index (χ0n) is 12.9.